The molecule has 0 N–H and O–H groups in total. The first-order valence-electron chi connectivity index (χ1n) is 6.19. The summed E-state index contributed by atoms with van der Waals surface area (Å²) < 4.78 is 5.29. The Morgan fingerprint density at radius 2 is 2.24 bits per heavy atom. The molecule has 0 aromatic heterocycles. The maximum absolute atomic E-state index is 11.9. The summed E-state index contributed by atoms with van der Waals surface area (Å²) in [5.41, 5.74) is -0.505. The molecule has 0 aromatic carbocycles. The zero-order valence-corrected chi connectivity index (χ0v) is 11.2. The first-order valence-corrected chi connectivity index (χ1v) is 6.19. The zero-order valence-electron chi connectivity index (χ0n) is 11.2. The molecular weight excluding hydrogens is 218 g/mol. The van der Waals surface area contributed by atoms with Gasteiger partial charge in [-0.1, -0.05) is 19.4 Å². The van der Waals surface area contributed by atoms with Crippen LogP contribution in [-0.2, 0) is 9.57 Å². The molecule has 1 aliphatic heterocycles. The summed E-state index contributed by atoms with van der Waals surface area (Å²) in [6.07, 6.45) is 4.19. The van der Waals surface area contributed by atoms with Crippen LogP contribution in [0.5, 0.6) is 0 Å². The lowest BCUT2D eigenvalue weighted by molar-refractivity contribution is -0.146. The van der Waals surface area contributed by atoms with E-state index < -0.39 is 11.7 Å². The van der Waals surface area contributed by atoms with Crippen LogP contribution in [0.4, 0.5) is 4.79 Å². The Balaban J connectivity index is 2.62. The first kappa shape index (κ1) is 14.0. The molecule has 1 aliphatic rings. The Morgan fingerprint density at radius 3 is 2.71 bits per heavy atom. The van der Waals surface area contributed by atoms with Crippen LogP contribution in [-0.4, -0.2) is 28.9 Å². The van der Waals surface area contributed by atoms with E-state index in [0.717, 1.165) is 19.3 Å². The van der Waals surface area contributed by atoms with Crippen molar-refractivity contribution in [3.05, 3.63) is 12.7 Å². The molecule has 4 heteroatoms. The van der Waals surface area contributed by atoms with Gasteiger partial charge in [0.05, 0.1) is 12.1 Å². The summed E-state index contributed by atoms with van der Waals surface area (Å²) >= 11 is 0. The third-order valence-corrected chi connectivity index (χ3v) is 2.52. The average molecular weight is 241 g/mol. The normalized spacial score (nSPS) is 24.8. The van der Waals surface area contributed by atoms with Gasteiger partial charge in [-0.05, 0) is 27.2 Å². The van der Waals surface area contributed by atoms with E-state index in [0.29, 0.717) is 0 Å². The van der Waals surface area contributed by atoms with E-state index >= 15 is 0 Å². The molecule has 2 atom stereocenters. The van der Waals surface area contributed by atoms with E-state index in [1.54, 1.807) is 6.08 Å². The highest BCUT2D eigenvalue weighted by atomic mass is 16.7. The first-order chi connectivity index (χ1) is 7.87. The molecule has 1 rings (SSSR count). The summed E-state index contributed by atoms with van der Waals surface area (Å²) in [5.74, 6) is 0. The Kier molecular flexibility index (Phi) is 4.57. The van der Waals surface area contributed by atoms with Crippen LogP contribution in [0.2, 0.25) is 0 Å². The number of hydrogen-bond donors (Lipinski definition) is 0. The van der Waals surface area contributed by atoms with Crippen LogP contribution in [0, 0.1) is 0 Å². The van der Waals surface area contributed by atoms with Gasteiger partial charge in [0.25, 0.3) is 0 Å². The fraction of sp³-hybridized carbons (Fsp3) is 0.769. The molecule has 0 bridgehead atoms. The van der Waals surface area contributed by atoms with Crippen molar-refractivity contribution in [1.82, 2.24) is 5.06 Å². The molecule has 0 aromatic rings. The van der Waals surface area contributed by atoms with Gasteiger partial charge in [0.2, 0.25) is 0 Å². The molecule has 1 fully saturated rings. The number of nitrogens with zero attached hydrogens (tertiary/aromatic N) is 1. The van der Waals surface area contributed by atoms with Gasteiger partial charge >= 0.3 is 6.09 Å². The number of carbonyl (C=O) groups is 1. The van der Waals surface area contributed by atoms with Crippen molar-refractivity contribution >= 4 is 6.09 Å². The lowest BCUT2D eigenvalue weighted by Crippen LogP contribution is -2.38. The van der Waals surface area contributed by atoms with Gasteiger partial charge < -0.3 is 4.74 Å². The monoisotopic (exact) mass is 241 g/mol. The quantitative estimate of drug-likeness (QED) is 0.712. The molecule has 0 saturated carbocycles. The number of rotatable bonds is 3. The lowest BCUT2D eigenvalue weighted by Gasteiger charge is -2.26. The highest BCUT2D eigenvalue weighted by Gasteiger charge is 2.37. The Bertz CT molecular complexity index is 283. The minimum Gasteiger partial charge on any atom is -0.442 e. The van der Waals surface area contributed by atoms with Crippen molar-refractivity contribution in [2.45, 2.75) is 64.7 Å². The van der Waals surface area contributed by atoms with Gasteiger partial charge in [-0.25, -0.2) is 4.79 Å². The number of amides is 1. The zero-order chi connectivity index (χ0) is 13.1. The molecule has 0 aliphatic carbocycles. The second kappa shape index (κ2) is 5.54. The predicted octanol–water partition coefficient (Wildman–Crippen LogP) is 3.28. The van der Waals surface area contributed by atoms with Crippen LogP contribution in [0.15, 0.2) is 12.7 Å². The van der Waals surface area contributed by atoms with Crippen molar-refractivity contribution in [2.75, 3.05) is 0 Å². The smallest absolute Gasteiger partial charge is 0.435 e. The van der Waals surface area contributed by atoms with E-state index in [-0.39, 0.29) is 12.1 Å². The molecule has 0 radical (unpaired) electrons. The van der Waals surface area contributed by atoms with Crippen LogP contribution >= 0.6 is 0 Å². The van der Waals surface area contributed by atoms with Crippen LogP contribution < -0.4 is 0 Å². The van der Waals surface area contributed by atoms with E-state index in [9.17, 15) is 4.79 Å². The fourth-order valence-electron chi connectivity index (χ4n) is 1.82. The average Bonchev–Trinajstić information content (AvgIpc) is 2.59. The summed E-state index contributed by atoms with van der Waals surface area (Å²) in [5, 5.41) is 1.32. The van der Waals surface area contributed by atoms with E-state index in [2.05, 4.69) is 13.5 Å². The van der Waals surface area contributed by atoms with Crippen molar-refractivity contribution in [3.8, 4) is 0 Å². The molecule has 0 unspecified atom stereocenters. The standard InChI is InChI=1S/C13H23NO3/c1-6-8-11-9-10(7-2)14(17-11)12(15)16-13(3,4)5/h7,10-11H,2,6,8-9H2,1,3-5H3/t10-,11+/m0/s1. The third-order valence-electron chi connectivity index (χ3n) is 2.52. The minimum atomic E-state index is -0.505. The molecule has 4 nitrogen and oxygen atoms in total. The molecule has 0 spiro atoms. The molecule has 17 heavy (non-hydrogen) atoms. The number of ether oxygens (including phenoxy) is 1. The van der Waals surface area contributed by atoms with E-state index in [1.165, 1.54) is 5.06 Å². The SMILES string of the molecule is C=C[C@H]1C[C@@H](CCC)ON1C(=O)OC(C)(C)C. The highest BCUT2D eigenvalue weighted by Crippen LogP contribution is 2.26. The Morgan fingerprint density at radius 1 is 1.59 bits per heavy atom. The van der Waals surface area contributed by atoms with Gasteiger partial charge in [0.1, 0.15) is 5.60 Å². The Hall–Kier alpha value is -1.03. The largest absolute Gasteiger partial charge is 0.442 e. The van der Waals surface area contributed by atoms with Gasteiger partial charge in [-0.3, -0.25) is 4.84 Å². The van der Waals surface area contributed by atoms with Gasteiger partial charge in [-0.2, -0.15) is 5.06 Å². The van der Waals surface area contributed by atoms with Gasteiger partial charge in [0.15, 0.2) is 0 Å². The number of carbonyl (C=O) groups excluding carboxylic acids is 1. The van der Waals surface area contributed by atoms with Crippen molar-refractivity contribution in [3.63, 3.8) is 0 Å². The fourth-order valence-corrected chi connectivity index (χ4v) is 1.82. The molecule has 1 saturated heterocycles. The topological polar surface area (TPSA) is 38.8 Å². The lowest BCUT2D eigenvalue weighted by atomic mass is 10.1. The van der Waals surface area contributed by atoms with E-state index in [4.69, 9.17) is 9.57 Å². The van der Waals surface area contributed by atoms with Gasteiger partial charge in [-0.15, -0.1) is 6.58 Å². The summed E-state index contributed by atoms with van der Waals surface area (Å²) in [6, 6.07) is -0.0820. The van der Waals surface area contributed by atoms with Crippen LogP contribution in [0.1, 0.15) is 47.0 Å². The van der Waals surface area contributed by atoms with Crippen LogP contribution in [0.3, 0.4) is 0 Å². The molecule has 98 valence electrons. The van der Waals surface area contributed by atoms with Crippen molar-refractivity contribution in [2.24, 2.45) is 0 Å². The maximum Gasteiger partial charge on any atom is 0.435 e. The maximum atomic E-state index is 11.9. The third kappa shape index (κ3) is 4.04. The second-order valence-corrected chi connectivity index (χ2v) is 5.36. The van der Waals surface area contributed by atoms with Crippen LogP contribution in [0.25, 0.3) is 0 Å². The molecule has 1 amide bonds. The summed E-state index contributed by atoms with van der Waals surface area (Å²) in [6.45, 7) is 11.4. The Labute approximate surface area is 104 Å². The highest BCUT2D eigenvalue weighted by molar-refractivity contribution is 5.67. The second-order valence-electron chi connectivity index (χ2n) is 5.36. The number of hydrogen-bond acceptors (Lipinski definition) is 3. The summed E-state index contributed by atoms with van der Waals surface area (Å²) in [7, 11) is 0. The molecule has 1 heterocycles. The van der Waals surface area contributed by atoms with E-state index in [1.807, 2.05) is 20.8 Å². The van der Waals surface area contributed by atoms with Crippen molar-refractivity contribution in [1.29, 1.82) is 0 Å². The molecular formula is C13H23NO3. The van der Waals surface area contributed by atoms with Gasteiger partial charge in [0, 0.05) is 6.42 Å². The summed E-state index contributed by atoms with van der Waals surface area (Å²) in [4.78, 5) is 17.5. The predicted molar refractivity (Wildman–Crippen MR) is 66.5 cm³/mol. The number of hydroxylamine groups is 2. The minimum absolute atomic E-state index is 0.0820. The van der Waals surface area contributed by atoms with Crippen molar-refractivity contribution < 1.29 is 14.4 Å².